The van der Waals surface area contributed by atoms with E-state index < -0.39 is 0 Å². The first-order valence-corrected chi connectivity index (χ1v) is 8.99. The van der Waals surface area contributed by atoms with Crippen LogP contribution in [0.3, 0.4) is 0 Å². The van der Waals surface area contributed by atoms with Gasteiger partial charge < -0.3 is 14.5 Å². The van der Waals surface area contributed by atoms with Crippen LogP contribution in [0.15, 0.2) is 47.1 Å². The number of rotatable bonds is 6. The molecule has 130 valence electrons. The molecule has 0 saturated heterocycles. The van der Waals surface area contributed by atoms with Crippen LogP contribution < -0.4 is 4.74 Å². The second-order valence-electron chi connectivity index (χ2n) is 5.90. The van der Waals surface area contributed by atoms with Crippen LogP contribution in [0, 0.1) is 6.92 Å². The van der Waals surface area contributed by atoms with Crippen molar-refractivity contribution in [2.24, 2.45) is 0 Å². The molecule has 5 heteroatoms. The van der Waals surface area contributed by atoms with Crippen LogP contribution in [0.5, 0.6) is 5.75 Å². The third-order valence-corrected chi connectivity index (χ3v) is 4.59. The molecule has 0 aliphatic heterocycles. The SMILES string of the molecule is CCOC(=O)Cc1ccc(C)cc1OCc1cc(Br)c2cc[nH]c2c1. The van der Waals surface area contributed by atoms with Crippen LogP contribution in [0.2, 0.25) is 0 Å². The fourth-order valence-corrected chi connectivity index (χ4v) is 3.37. The molecule has 0 amide bonds. The number of halogens is 1. The van der Waals surface area contributed by atoms with E-state index >= 15 is 0 Å². The lowest BCUT2D eigenvalue weighted by Gasteiger charge is -2.13. The minimum atomic E-state index is -0.244. The number of nitrogens with one attached hydrogen (secondary N) is 1. The molecule has 1 N–H and O–H groups in total. The molecule has 0 spiro atoms. The summed E-state index contributed by atoms with van der Waals surface area (Å²) >= 11 is 3.59. The van der Waals surface area contributed by atoms with Gasteiger partial charge in [0.2, 0.25) is 0 Å². The van der Waals surface area contributed by atoms with E-state index in [1.165, 1.54) is 0 Å². The monoisotopic (exact) mass is 401 g/mol. The van der Waals surface area contributed by atoms with E-state index in [0.717, 1.165) is 37.8 Å². The second kappa shape index (κ2) is 7.74. The van der Waals surface area contributed by atoms with Crippen molar-refractivity contribution in [3.63, 3.8) is 0 Å². The number of hydrogen-bond acceptors (Lipinski definition) is 3. The van der Waals surface area contributed by atoms with Gasteiger partial charge in [0, 0.05) is 27.1 Å². The highest BCUT2D eigenvalue weighted by atomic mass is 79.9. The van der Waals surface area contributed by atoms with E-state index in [-0.39, 0.29) is 12.4 Å². The molecule has 0 aliphatic carbocycles. The lowest BCUT2D eigenvalue weighted by Crippen LogP contribution is -2.09. The molecule has 3 rings (SSSR count). The van der Waals surface area contributed by atoms with E-state index in [9.17, 15) is 4.79 Å². The molecule has 0 bridgehead atoms. The Morgan fingerprint density at radius 3 is 2.84 bits per heavy atom. The number of ether oxygens (including phenoxy) is 2. The van der Waals surface area contributed by atoms with Gasteiger partial charge in [-0.15, -0.1) is 0 Å². The van der Waals surface area contributed by atoms with Gasteiger partial charge in [0.1, 0.15) is 12.4 Å². The van der Waals surface area contributed by atoms with Gasteiger partial charge in [0.15, 0.2) is 0 Å². The summed E-state index contributed by atoms with van der Waals surface area (Å²) in [5.41, 5.74) is 4.03. The van der Waals surface area contributed by atoms with Crippen molar-refractivity contribution in [2.75, 3.05) is 6.61 Å². The molecule has 0 aliphatic rings. The standard InChI is InChI=1S/C20H20BrNO3/c1-3-24-20(23)11-15-5-4-13(2)8-19(15)25-12-14-9-17(21)16-6-7-22-18(16)10-14/h4-10,22H,3,11-12H2,1-2H3. The van der Waals surface area contributed by atoms with Gasteiger partial charge in [-0.1, -0.05) is 28.1 Å². The van der Waals surface area contributed by atoms with Crippen LogP contribution in [0.25, 0.3) is 10.9 Å². The van der Waals surface area contributed by atoms with Gasteiger partial charge in [-0.2, -0.15) is 0 Å². The maximum Gasteiger partial charge on any atom is 0.310 e. The first-order valence-electron chi connectivity index (χ1n) is 8.20. The Kier molecular flexibility index (Phi) is 5.43. The molecule has 0 fully saturated rings. The Balaban J connectivity index is 1.79. The topological polar surface area (TPSA) is 51.3 Å². The molecule has 3 aromatic rings. The van der Waals surface area contributed by atoms with Crippen molar-refractivity contribution in [1.29, 1.82) is 0 Å². The van der Waals surface area contributed by atoms with Crippen molar-refractivity contribution in [2.45, 2.75) is 26.9 Å². The first kappa shape index (κ1) is 17.5. The molecule has 0 radical (unpaired) electrons. The van der Waals surface area contributed by atoms with Gasteiger partial charge in [-0.25, -0.2) is 0 Å². The average Bonchev–Trinajstić information content (AvgIpc) is 3.04. The number of hydrogen-bond donors (Lipinski definition) is 1. The Morgan fingerprint density at radius 1 is 1.20 bits per heavy atom. The van der Waals surface area contributed by atoms with Crippen molar-refractivity contribution in [3.05, 3.63) is 63.8 Å². The van der Waals surface area contributed by atoms with Crippen molar-refractivity contribution in [3.8, 4) is 5.75 Å². The highest BCUT2D eigenvalue weighted by Crippen LogP contribution is 2.27. The van der Waals surface area contributed by atoms with Crippen molar-refractivity contribution >= 4 is 32.8 Å². The molecule has 0 saturated carbocycles. The van der Waals surface area contributed by atoms with Crippen LogP contribution in [-0.4, -0.2) is 17.6 Å². The summed E-state index contributed by atoms with van der Waals surface area (Å²) in [6.45, 7) is 4.61. The van der Waals surface area contributed by atoms with E-state index in [1.54, 1.807) is 6.92 Å². The lowest BCUT2D eigenvalue weighted by molar-refractivity contribution is -0.142. The minimum Gasteiger partial charge on any atom is -0.489 e. The third kappa shape index (κ3) is 4.23. The highest BCUT2D eigenvalue weighted by molar-refractivity contribution is 9.10. The number of aromatic amines is 1. The van der Waals surface area contributed by atoms with Gasteiger partial charge in [0.25, 0.3) is 0 Å². The summed E-state index contributed by atoms with van der Waals surface area (Å²) in [7, 11) is 0. The van der Waals surface area contributed by atoms with Crippen LogP contribution >= 0.6 is 15.9 Å². The van der Waals surface area contributed by atoms with Crippen molar-refractivity contribution < 1.29 is 14.3 Å². The molecule has 4 nitrogen and oxygen atoms in total. The fourth-order valence-electron chi connectivity index (χ4n) is 2.73. The minimum absolute atomic E-state index is 0.211. The predicted octanol–water partition coefficient (Wildman–Crippen LogP) is 4.92. The van der Waals surface area contributed by atoms with Gasteiger partial charge in [-0.3, -0.25) is 4.79 Å². The zero-order valence-electron chi connectivity index (χ0n) is 14.3. The Bertz CT molecular complexity index is 901. The number of aryl methyl sites for hydroxylation is 1. The number of fused-ring (bicyclic) bond motifs is 1. The van der Waals surface area contributed by atoms with E-state index in [1.807, 2.05) is 37.4 Å². The quantitative estimate of drug-likeness (QED) is 0.596. The predicted molar refractivity (Wildman–Crippen MR) is 102 cm³/mol. The van der Waals surface area contributed by atoms with Crippen LogP contribution in [-0.2, 0) is 22.6 Å². The zero-order valence-corrected chi connectivity index (χ0v) is 15.9. The molecular weight excluding hydrogens is 382 g/mol. The largest absolute Gasteiger partial charge is 0.489 e. The zero-order chi connectivity index (χ0) is 17.8. The number of carbonyl (C=O) groups excluding carboxylic acids is 1. The molecular formula is C20H20BrNO3. The average molecular weight is 402 g/mol. The second-order valence-corrected chi connectivity index (χ2v) is 6.75. The summed E-state index contributed by atoms with van der Waals surface area (Å²) in [6.07, 6.45) is 2.13. The number of aromatic nitrogens is 1. The molecule has 25 heavy (non-hydrogen) atoms. The third-order valence-electron chi connectivity index (χ3n) is 3.94. The number of esters is 1. The van der Waals surface area contributed by atoms with E-state index in [2.05, 4.69) is 33.0 Å². The smallest absolute Gasteiger partial charge is 0.310 e. The van der Waals surface area contributed by atoms with Crippen molar-refractivity contribution in [1.82, 2.24) is 4.98 Å². The van der Waals surface area contributed by atoms with Crippen LogP contribution in [0.1, 0.15) is 23.6 Å². The highest BCUT2D eigenvalue weighted by Gasteiger charge is 2.11. The summed E-state index contributed by atoms with van der Waals surface area (Å²) in [5.74, 6) is 0.475. The van der Waals surface area contributed by atoms with E-state index in [0.29, 0.717) is 13.2 Å². The maximum atomic E-state index is 11.8. The van der Waals surface area contributed by atoms with Gasteiger partial charge >= 0.3 is 5.97 Å². The Hall–Kier alpha value is -2.27. The lowest BCUT2D eigenvalue weighted by atomic mass is 10.1. The summed E-state index contributed by atoms with van der Waals surface area (Å²) in [6, 6.07) is 12.0. The molecule has 1 heterocycles. The van der Waals surface area contributed by atoms with Crippen LogP contribution in [0.4, 0.5) is 0 Å². The molecule has 1 aromatic heterocycles. The summed E-state index contributed by atoms with van der Waals surface area (Å²) in [4.78, 5) is 15.0. The van der Waals surface area contributed by atoms with Gasteiger partial charge in [0.05, 0.1) is 13.0 Å². The fraction of sp³-hybridized carbons (Fsp3) is 0.250. The summed E-state index contributed by atoms with van der Waals surface area (Å²) in [5, 5.41) is 1.14. The Morgan fingerprint density at radius 2 is 2.04 bits per heavy atom. The normalized spacial score (nSPS) is 10.8. The number of carbonyl (C=O) groups is 1. The Labute approximate surface area is 155 Å². The number of benzene rings is 2. The maximum absolute atomic E-state index is 11.8. The summed E-state index contributed by atoms with van der Waals surface area (Å²) < 4.78 is 12.1. The van der Waals surface area contributed by atoms with Gasteiger partial charge in [-0.05, 0) is 49.2 Å². The molecule has 0 atom stereocenters. The molecule has 0 unspecified atom stereocenters. The first-order chi connectivity index (χ1) is 12.1. The number of H-pyrrole nitrogens is 1. The van der Waals surface area contributed by atoms with E-state index in [4.69, 9.17) is 9.47 Å². The molecule has 2 aromatic carbocycles.